The summed E-state index contributed by atoms with van der Waals surface area (Å²) in [6, 6.07) is 3.51. The van der Waals surface area contributed by atoms with E-state index >= 15 is 0 Å². The molecule has 1 aliphatic rings. The Kier molecular flexibility index (Phi) is 3.64. The minimum Gasteiger partial charge on any atom is -0.369 e. The first-order chi connectivity index (χ1) is 8.99. The second kappa shape index (κ2) is 5.21. The minimum atomic E-state index is -0.637. The molecule has 1 saturated heterocycles. The number of halogens is 1. The average Bonchev–Trinajstić information content (AvgIpc) is 2.38. The first-order valence-electron chi connectivity index (χ1n) is 5.97. The zero-order chi connectivity index (χ0) is 14.0. The number of amides is 1. The van der Waals surface area contributed by atoms with Gasteiger partial charge in [-0.25, -0.2) is 4.39 Å². The maximum atomic E-state index is 13.1. The number of piperidine rings is 1. The van der Waals surface area contributed by atoms with Crippen LogP contribution in [0.15, 0.2) is 18.2 Å². The first-order valence-corrected chi connectivity index (χ1v) is 5.97. The number of anilines is 1. The van der Waals surface area contributed by atoms with Crippen LogP contribution in [0.2, 0.25) is 0 Å². The zero-order valence-electron chi connectivity index (χ0n) is 10.2. The summed E-state index contributed by atoms with van der Waals surface area (Å²) in [4.78, 5) is 23.2. The van der Waals surface area contributed by atoms with Gasteiger partial charge in [-0.15, -0.1) is 0 Å². The summed E-state index contributed by atoms with van der Waals surface area (Å²) in [6.45, 7) is 1.00. The number of carbonyl (C=O) groups excluding carboxylic acids is 1. The van der Waals surface area contributed by atoms with Gasteiger partial charge < -0.3 is 10.6 Å². The Bertz CT molecular complexity index is 513. The molecule has 1 fully saturated rings. The largest absolute Gasteiger partial charge is 0.369 e. The van der Waals surface area contributed by atoms with Crippen molar-refractivity contribution in [2.45, 2.75) is 12.8 Å². The summed E-state index contributed by atoms with van der Waals surface area (Å²) in [5, 5.41) is 10.9. The number of hydrogen-bond acceptors (Lipinski definition) is 4. The highest BCUT2D eigenvalue weighted by molar-refractivity contribution is 5.77. The molecule has 0 unspecified atom stereocenters. The minimum absolute atomic E-state index is 0.184. The highest BCUT2D eigenvalue weighted by Crippen LogP contribution is 2.31. The van der Waals surface area contributed by atoms with Gasteiger partial charge in [-0.05, 0) is 25.0 Å². The average molecular weight is 267 g/mol. The number of nitro groups is 1. The monoisotopic (exact) mass is 267 g/mol. The lowest BCUT2D eigenvalue weighted by molar-refractivity contribution is -0.384. The molecule has 0 saturated carbocycles. The van der Waals surface area contributed by atoms with Gasteiger partial charge in [0.1, 0.15) is 11.5 Å². The molecule has 102 valence electrons. The summed E-state index contributed by atoms with van der Waals surface area (Å²) in [7, 11) is 0. The number of nitro benzene ring substituents is 1. The van der Waals surface area contributed by atoms with Crippen LogP contribution in [0.1, 0.15) is 12.8 Å². The van der Waals surface area contributed by atoms with Gasteiger partial charge in [-0.2, -0.15) is 0 Å². The molecule has 0 bridgehead atoms. The van der Waals surface area contributed by atoms with Crippen molar-refractivity contribution < 1.29 is 14.1 Å². The molecule has 1 aliphatic heterocycles. The quantitative estimate of drug-likeness (QED) is 0.662. The van der Waals surface area contributed by atoms with Crippen LogP contribution in [0.3, 0.4) is 0 Å². The summed E-state index contributed by atoms with van der Waals surface area (Å²) in [6.07, 6.45) is 1.12. The van der Waals surface area contributed by atoms with E-state index in [4.69, 9.17) is 5.73 Å². The van der Waals surface area contributed by atoms with Crippen LogP contribution in [-0.4, -0.2) is 23.9 Å². The van der Waals surface area contributed by atoms with E-state index in [-0.39, 0.29) is 17.5 Å². The Hall–Kier alpha value is -2.18. The number of nitrogens with two attached hydrogens (primary N) is 1. The van der Waals surface area contributed by atoms with Crippen LogP contribution < -0.4 is 10.6 Å². The SMILES string of the molecule is NC(=O)C1CCN(c2ccc(F)cc2[N+](=O)[O-])CC1. The molecule has 0 aromatic heterocycles. The number of hydrogen-bond donors (Lipinski definition) is 1. The predicted molar refractivity (Wildman–Crippen MR) is 67.2 cm³/mol. The fourth-order valence-electron chi connectivity index (χ4n) is 2.32. The lowest BCUT2D eigenvalue weighted by atomic mass is 9.96. The Morgan fingerprint density at radius 1 is 1.42 bits per heavy atom. The molecule has 2 rings (SSSR count). The first kappa shape index (κ1) is 13.3. The molecule has 0 spiro atoms. The topological polar surface area (TPSA) is 89.5 Å². The van der Waals surface area contributed by atoms with E-state index in [2.05, 4.69) is 0 Å². The molecular weight excluding hydrogens is 253 g/mol. The van der Waals surface area contributed by atoms with E-state index in [0.717, 1.165) is 6.07 Å². The lowest BCUT2D eigenvalue weighted by Gasteiger charge is -2.31. The van der Waals surface area contributed by atoms with E-state index < -0.39 is 10.7 Å². The molecule has 0 aliphatic carbocycles. The van der Waals surface area contributed by atoms with Crippen molar-refractivity contribution >= 4 is 17.3 Å². The van der Waals surface area contributed by atoms with Crippen molar-refractivity contribution in [2.75, 3.05) is 18.0 Å². The number of benzene rings is 1. The Balaban J connectivity index is 2.20. The molecule has 0 atom stereocenters. The van der Waals surface area contributed by atoms with Crippen LogP contribution in [0.4, 0.5) is 15.8 Å². The molecule has 1 heterocycles. The van der Waals surface area contributed by atoms with Crippen molar-refractivity contribution in [1.82, 2.24) is 0 Å². The highest BCUT2D eigenvalue weighted by atomic mass is 19.1. The van der Waals surface area contributed by atoms with Crippen molar-refractivity contribution in [3.8, 4) is 0 Å². The lowest BCUT2D eigenvalue weighted by Crippen LogP contribution is -2.38. The van der Waals surface area contributed by atoms with Crippen LogP contribution >= 0.6 is 0 Å². The van der Waals surface area contributed by atoms with E-state index in [1.54, 1.807) is 4.90 Å². The van der Waals surface area contributed by atoms with Crippen LogP contribution in [0.5, 0.6) is 0 Å². The van der Waals surface area contributed by atoms with Crippen LogP contribution in [-0.2, 0) is 4.79 Å². The van der Waals surface area contributed by atoms with Gasteiger partial charge >= 0.3 is 0 Å². The standard InChI is InChI=1S/C12H14FN3O3/c13-9-1-2-10(11(7-9)16(18)19)15-5-3-8(4-6-15)12(14)17/h1-2,7-8H,3-6H2,(H2,14,17). The number of primary amides is 1. The molecule has 0 radical (unpaired) electrons. The molecule has 7 heteroatoms. The normalized spacial score (nSPS) is 16.4. The molecule has 6 nitrogen and oxygen atoms in total. The summed E-state index contributed by atoms with van der Waals surface area (Å²) in [5.74, 6) is -1.16. The van der Waals surface area contributed by atoms with Gasteiger partial charge in [0.05, 0.1) is 11.0 Å². The van der Waals surface area contributed by atoms with E-state index in [1.165, 1.54) is 12.1 Å². The molecule has 2 N–H and O–H groups in total. The molecule has 1 amide bonds. The fourth-order valence-corrected chi connectivity index (χ4v) is 2.32. The maximum absolute atomic E-state index is 13.1. The predicted octanol–water partition coefficient (Wildman–Crippen LogP) is 1.44. The van der Waals surface area contributed by atoms with Crippen molar-refractivity contribution in [1.29, 1.82) is 0 Å². The van der Waals surface area contributed by atoms with Crippen molar-refractivity contribution in [3.05, 3.63) is 34.1 Å². The van der Waals surface area contributed by atoms with Gasteiger partial charge in [-0.1, -0.05) is 0 Å². The second-order valence-corrected chi connectivity index (χ2v) is 4.55. The summed E-state index contributed by atoms with van der Waals surface area (Å²) >= 11 is 0. The molecular formula is C12H14FN3O3. The molecule has 19 heavy (non-hydrogen) atoms. The van der Waals surface area contributed by atoms with Crippen LogP contribution in [0, 0.1) is 21.8 Å². The Labute approximate surface area is 109 Å². The Morgan fingerprint density at radius 2 is 2.05 bits per heavy atom. The molecule has 1 aromatic carbocycles. The van der Waals surface area contributed by atoms with Crippen LogP contribution in [0.25, 0.3) is 0 Å². The maximum Gasteiger partial charge on any atom is 0.295 e. The second-order valence-electron chi connectivity index (χ2n) is 4.55. The van der Waals surface area contributed by atoms with E-state index in [1.807, 2.05) is 0 Å². The van der Waals surface area contributed by atoms with Gasteiger partial charge in [0.2, 0.25) is 5.91 Å². The van der Waals surface area contributed by atoms with E-state index in [9.17, 15) is 19.3 Å². The zero-order valence-corrected chi connectivity index (χ0v) is 10.2. The summed E-state index contributed by atoms with van der Waals surface area (Å²) < 4.78 is 13.1. The third kappa shape index (κ3) is 2.81. The van der Waals surface area contributed by atoms with E-state index in [0.29, 0.717) is 31.6 Å². The van der Waals surface area contributed by atoms with Gasteiger partial charge in [0, 0.05) is 19.0 Å². The van der Waals surface area contributed by atoms with Gasteiger partial charge in [0.25, 0.3) is 5.69 Å². The number of nitrogens with zero attached hydrogens (tertiary/aromatic N) is 2. The fraction of sp³-hybridized carbons (Fsp3) is 0.417. The Morgan fingerprint density at radius 3 is 2.58 bits per heavy atom. The summed E-state index contributed by atoms with van der Waals surface area (Å²) in [5.41, 5.74) is 5.37. The van der Waals surface area contributed by atoms with Gasteiger partial charge in [-0.3, -0.25) is 14.9 Å². The third-order valence-electron chi connectivity index (χ3n) is 3.37. The smallest absolute Gasteiger partial charge is 0.295 e. The third-order valence-corrected chi connectivity index (χ3v) is 3.37. The van der Waals surface area contributed by atoms with Gasteiger partial charge in [0.15, 0.2) is 0 Å². The van der Waals surface area contributed by atoms with Crippen molar-refractivity contribution in [3.63, 3.8) is 0 Å². The number of carbonyl (C=O) groups is 1. The number of rotatable bonds is 3. The highest BCUT2D eigenvalue weighted by Gasteiger charge is 2.27. The molecule has 1 aromatic rings. The van der Waals surface area contributed by atoms with Crippen molar-refractivity contribution in [2.24, 2.45) is 11.7 Å².